The number of hydrogen-bond donors (Lipinski definition) is 2. The summed E-state index contributed by atoms with van der Waals surface area (Å²) in [6, 6.07) is 10.0. The maximum atomic E-state index is 10.2. The van der Waals surface area contributed by atoms with Crippen LogP contribution in [0.5, 0.6) is 0 Å². The van der Waals surface area contributed by atoms with E-state index in [9.17, 15) is 10.2 Å². The van der Waals surface area contributed by atoms with Gasteiger partial charge in [0.25, 0.3) is 0 Å². The Balaban J connectivity index is 1.78. The molecular formula is C16H23NO4. The van der Waals surface area contributed by atoms with Crippen molar-refractivity contribution in [2.45, 2.75) is 50.5 Å². The summed E-state index contributed by atoms with van der Waals surface area (Å²) in [7, 11) is 0. The molecule has 0 spiro atoms. The second-order valence-electron chi connectivity index (χ2n) is 6.33. The number of hydrogen-bond acceptors (Lipinski definition) is 5. The van der Waals surface area contributed by atoms with Gasteiger partial charge in [-0.15, -0.1) is 0 Å². The van der Waals surface area contributed by atoms with E-state index in [0.717, 1.165) is 0 Å². The average molecular weight is 293 g/mol. The topological polar surface area (TPSA) is 62.2 Å². The molecule has 0 bridgehead atoms. The molecule has 21 heavy (non-hydrogen) atoms. The number of aliphatic hydroxyl groups excluding tert-OH is 2. The van der Waals surface area contributed by atoms with Crippen LogP contribution in [0.2, 0.25) is 0 Å². The van der Waals surface area contributed by atoms with Crippen molar-refractivity contribution in [3.8, 4) is 0 Å². The zero-order valence-electron chi connectivity index (χ0n) is 12.5. The third-order valence-electron chi connectivity index (χ3n) is 4.25. The zero-order chi connectivity index (χ0) is 15.0. The molecular weight excluding hydrogens is 270 g/mol. The van der Waals surface area contributed by atoms with Crippen molar-refractivity contribution in [2.24, 2.45) is 0 Å². The molecule has 0 aliphatic carbocycles. The van der Waals surface area contributed by atoms with E-state index in [1.54, 1.807) is 0 Å². The molecule has 0 amide bonds. The number of nitrogens with zero attached hydrogens (tertiary/aromatic N) is 1. The number of aliphatic hydroxyl groups is 2. The second-order valence-corrected chi connectivity index (χ2v) is 6.33. The Morgan fingerprint density at radius 1 is 1.24 bits per heavy atom. The van der Waals surface area contributed by atoms with Gasteiger partial charge in [-0.25, -0.2) is 0 Å². The highest BCUT2D eigenvalue weighted by molar-refractivity contribution is 5.15. The van der Waals surface area contributed by atoms with Crippen LogP contribution in [0.1, 0.15) is 19.4 Å². The van der Waals surface area contributed by atoms with Crippen LogP contribution in [0.25, 0.3) is 0 Å². The fraction of sp³-hybridized carbons (Fsp3) is 0.625. The van der Waals surface area contributed by atoms with Crippen molar-refractivity contribution in [1.82, 2.24) is 4.90 Å². The third-order valence-corrected chi connectivity index (χ3v) is 4.25. The predicted molar refractivity (Wildman–Crippen MR) is 77.6 cm³/mol. The molecule has 1 aromatic rings. The van der Waals surface area contributed by atoms with Gasteiger partial charge in [0, 0.05) is 13.1 Å². The Morgan fingerprint density at radius 3 is 2.67 bits per heavy atom. The molecule has 2 saturated heterocycles. The number of benzene rings is 1. The SMILES string of the molecule is CC1(C)OC[C@H]2[C@@H](O1)[C@@H](O)[C@H](O)CN2Cc1ccccc1. The number of likely N-dealkylation sites (tertiary alicyclic amines) is 1. The van der Waals surface area contributed by atoms with Gasteiger partial charge in [0.1, 0.15) is 12.2 Å². The van der Waals surface area contributed by atoms with Gasteiger partial charge in [-0.05, 0) is 19.4 Å². The summed E-state index contributed by atoms with van der Waals surface area (Å²) in [4.78, 5) is 2.13. The van der Waals surface area contributed by atoms with Gasteiger partial charge in [-0.2, -0.15) is 0 Å². The highest BCUT2D eigenvalue weighted by Crippen LogP contribution is 2.32. The standard InChI is InChI=1S/C16H23NO4/c1-16(2)20-10-12-15(21-16)14(19)13(18)9-17(12)8-11-6-4-3-5-7-11/h3-7,12-15,18-19H,8-10H2,1-2H3/t12-,13+,14-,15+/m0/s1. The van der Waals surface area contributed by atoms with E-state index < -0.39 is 24.1 Å². The highest BCUT2D eigenvalue weighted by atomic mass is 16.7. The normalized spacial score (nSPS) is 36.2. The van der Waals surface area contributed by atoms with Gasteiger partial charge in [-0.3, -0.25) is 4.90 Å². The van der Waals surface area contributed by atoms with Crippen molar-refractivity contribution in [3.05, 3.63) is 35.9 Å². The van der Waals surface area contributed by atoms with Gasteiger partial charge in [0.2, 0.25) is 0 Å². The van der Waals surface area contributed by atoms with E-state index >= 15 is 0 Å². The molecule has 0 radical (unpaired) electrons. The Kier molecular flexibility index (Phi) is 4.03. The fourth-order valence-corrected chi connectivity index (χ4v) is 3.13. The monoisotopic (exact) mass is 293 g/mol. The van der Waals surface area contributed by atoms with E-state index in [4.69, 9.17) is 9.47 Å². The molecule has 116 valence electrons. The molecule has 2 fully saturated rings. The summed E-state index contributed by atoms with van der Waals surface area (Å²) in [5.74, 6) is -0.725. The van der Waals surface area contributed by atoms with E-state index in [-0.39, 0.29) is 6.04 Å². The molecule has 4 atom stereocenters. The first-order valence-corrected chi connectivity index (χ1v) is 7.42. The van der Waals surface area contributed by atoms with Crippen LogP contribution in [-0.4, -0.2) is 58.4 Å². The molecule has 2 N–H and O–H groups in total. The molecule has 2 heterocycles. The average Bonchev–Trinajstić information content (AvgIpc) is 2.45. The van der Waals surface area contributed by atoms with Crippen molar-refractivity contribution in [2.75, 3.05) is 13.2 Å². The number of piperidine rings is 1. The van der Waals surface area contributed by atoms with Crippen LogP contribution in [-0.2, 0) is 16.0 Å². The summed E-state index contributed by atoms with van der Waals surface area (Å²) in [6.07, 6.45) is -2.10. The first-order valence-electron chi connectivity index (χ1n) is 7.42. The zero-order valence-corrected chi connectivity index (χ0v) is 12.5. The molecule has 3 rings (SSSR count). The lowest BCUT2D eigenvalue weighted by atomic mass is 9.92. The fourth-order valence-electron chi connectivity index (χ4n) is 3.13. The molecule has 0 aromatic heterocycles. The van der Waals surface area contributed by atoms with Gasteiger partial charge in [-0.1, -0.05) is 30.3 Å². The van der Waals surface area contributed by atoms with Crippen LogP contribution in [0, 0.1) is 0 Å². The molecule has 5 heteroatoms. The number of β-amino-alcohol motifs (C(OH)–C–C–N with tert-alkyl or cyclic N) is 1. The van der Waals surface area contributed by atoms with Crippen LogP contribution in [0.15, 0.2) is 30.3 Å². The highest BCUT2D eigenvalue weighted by Gasteiger charge is 2.48. The minimum absolute atomic E-state index is 0.0448. The summed E-state index contributed by atoms with van der Waals surface area (Å²) < 4.78 is 11.6. The molecule has 2 aliphatic heterocycles. The maximum Gasteiger partial charge on any atom is 0.163 e. The van der Waals surface area contributed by atoms with Crippen LogP contribution in [0.3, 0.4) is 0 Å². The smallest absolute Gasteiger partial charge is 0.163 e. The summed E-state index contributed by atoms with van der Waals surface area (Å²) in [6.45, 7) is 5.29. The van der Waals surface area contributed by atoms with Crippen LogP contribution < -0.4 is 0 Å². The third kappa shape index (κ3) is 3.12. The predicted octanol–water partition coefficient (Wildman–Crippen LogP) is 0.744. The minimum Gasteiger partial charge on any atom is -0.389 e. The van der Waals surface area contributed by atoms with E-state index in [1.165, 1.54) is 5.56 Å². The van der Waals surface area contributed by atoms with Gasteiger partial charge in [0.15, 0.2) is 5.79 Å². The summed E-state index contributed by atoms with van der Waals surface area (Å²) in [5, 5.41) is 20.4. The van der Waals surface area contributed by atoms with E-state index in [0.29, 0.717) is 19.7 Å². The van der Waals surface area contributed by atoms with Crippen LogP contribution >= 0.6 is 0 Å². The Hall–Kier alpha value is -0.980. The van der Waals surface area contributed by atoms with Crippen LogP contribution in [0.4, 0.5) is 0 Å². The number of fused-ring (bicyclic) bond motifs is 1. The van der Waals surface area contributed by atoms with Crippen molar-refractivity contribution in [1.29, 1.82) is 0 Å². The van der Waals surface area contributed by atoms with Gasteiger partial charge >= 0.3 is 0 Å². The van der Waals surface area contributed by atoms with Crippen molar-refractivity contribution in [3.63, 3.8) is 0 Å². The quantitative estimate of drug-likeness (QED) is 0.842. The largest absolute Gasteiger partial charge is 0.389 e. The first kappa shape index (κ1) is 14.9. The van der Waals surface area contributed by atoms with Gasteiger partial charge in [0.05, 0.1) is 18.8 Å². The molecule has 0 saturated carbocycles. The maximum absolute atomic E-state index is 10.2. The number of ether oxygens (including phenoxy) is 2. The van der Waals surface area contributed by atoms with Crippen molar-refractivity contribution < 1.29 is 19.7 Å². The summed E-state index contributed by atoms with van der Waals surface area (Å²) >= 11 is 0. The molecule has 5 nitrogen and oxygen atoms in total. The summed E-state index contributed by atoms with van der Waals surface area (Å²) in [5.41, 5.74) is 1.17. The minimum atomic E-state index is -0.870. The lowest BCUT2D eigenvalue weighted by molar-refractivity contribution is -0.326. The Morgan fingerprint density at radius 2 is 1.95 bits per heavy atom. The van der Waals surface area contributed by atoms with E-state index in [1.807, 2.05) is 32.0 Å². The number of rotatable bonds is 2. The van der Waals surface area contributed by atoms with Gasteiger partial charge < -0.3 is 19.7 Å². The molecule has 1 aromatic carbocycles. The molecule has 0 unspecified atom stereocenters. The Labute approximate surface area is 125 Å². The Bertz CT molecular complexity index is 478. The van der Waals surface area contributed by atoms with Crippen molar-refractivity contribution >= 4 is 0 Å². The first-order chi connectivity index (χ1) is 9.96. The van der Waals surface area contributed by atoms with E-state index in [2.05, 4.69) is 17.0 Å². The lowest BCUT2D eigenvalue weighted by Gasteiger charge is -2.51. The second kappa shape index (κ2) is 5.66. The molecule has 2 aliphatic rings. The lowest BCUT2D eigenvalue weighted by Crippen LogP contribution is -2.67.